The van der Waals surface area contributed by atoms with E-state index in [0.717, 1.165) is 13.1 Å². The molecular formula is C16H24N2. The quantitative estimate of drug-likeness (QED) is 0.809. The van der Waals surface area contributed by atoms with Crippen molar-refractivity contribution >= 4 is 5.69 Å². The number of nitrogens with two attached hydrogens (primary N) is 1. The lowest BCUT2D eigenvalue weighted by Crippen LogP contribution is -2.31. The molecule has 98 valence electrons. The van der Waals surface area contributed by atoms with Gasteiger partial charge < -0.3 is 10.6 Å². The molecule has 18 heavy (non-hydrogen) atoms. The number of rotatable bonds is 2. The van der Waals surface area contributed by atoms with Gasteiger partial charge in [0.1, 0.15) is 0 Å². The van der Waals surface area contributed by atoms with Crippen LogP contribution in [-0.2, 0) is 6.54 Å². The maximum atomic E-state index is 5.62. The molecule has 1 heterocycles. The van der Waals surface area contributed by atoms with Gasteiger partial charge in [0.05, 0.1) is 0 Å². The molecule has 0 saturated heterocycles. The lowest BCUT2D eigenvalue weighted by molar-refractivity contribution is 0.472. The molecule has 0 unspecified atom stereocenters. The summed E-state index contributed by atoms with van der Waals surface area (Å²) in [5.74, 6) is 0. The highest BCUT2D eigenvalue weighted by atomic mass is 15.1. The fourth-order valence-electron chi connectivity index (χ4n) is 2.43. The first kappa shape index (κ1) is 13.2. The van der Waals surface area contributed by atoms with Gasteiger partial charge in [-0.1, -0.05) is 44.6 Å². The Labute approximate surface area is 110 Å². The molecule has 0 spiro atoms. The van der Waals surface area contributed by atoms with Crippen LogP contribution in [0.15, 0.2) is 35.9 Å². The van der Waals surface area contributed by atoms with Gasteiger partial charge in [-0.15, -0.1) is 0 Å². The molecule has 0 radical (unpaired) electrons. The average molecular weight is 244 g/mol. The predicted molar refractivity (Wildman–Crippen MR) is 78.7 cm³/mol. The molecule has 0 saturated carbocycles. The fraction of sp³-hybridized carbons (Fsp3) is 0.500. The van der Waals surface area contributed by atoms with Crippen LogP contribution in [0, 0.1) is 5.41 Å². The SMILES string of the molecule is CC(C)(C)C1=CCN(c2ccc(CN)cc2)CC1. The summed E-state index contributed by atoms with van der Waals surface area (Å²) in [5, 5.41) is 0. The van der Waals surface area contributed by atoms with Crippen molar-refractivity contribution in [2.45, 2.75) is 33.7 Å². The first-order valence-corrected chi connectivity index (χ1v) is 6.74. The zero-order valence-electron chi connectivity index (χ0n) is 11.7. The molecule has 1 aromatic carbocycles. The molecule has 0 bridgehead atoms. The van der Waals surface area contributed by atoms with E-state index in [1.807, 2.05) is 0 Å². The number of anilines is 1. The third kappa shape index (κ3) is 2.94. The summed E-state index contributed by atoms with van der Waals surface area (Å²) in [6.07, 6.45) is 3.56. The molecule has 0 aliphatic carbocycles. The molecule has 0 aromatic heterocycles. The van der Waals surface area contributed by atoms with E-state index in [1.54, 1.807) is 5.57 Å². The van der Waals surface area contributed by atoms with Gasteiger partial charge in [0, 0.05) is 25.3 Å². The van der Waals surface area contributed by atoms with E-state index in [1.165, 1.54) is 17.7 Å². The van der Waals surface area contributed by atoms with Crippen LogP contribution >= 0.6 is 0 Å². The highest BCUT2D eigenvalue weighted by Crippen LogP contribution is 2.31. The standard InChI is InChI=1S/C16H24N2/c1-16(2,3)14-8-10-18(11-9-14)15-6-4-13(12-17)5-7-15/h4-8H,9-12,17H2,1-3H3. The van der Waals surface area contributed by atoms with E-state index in [4.69, 9.17) is 5.73 Å². The summed E-state index contributed by atoms with van der Waals surface area (Å²) in [6.45, 7) is 9.65. The summed E-state index contributed by atoms with van der Waals surface area (Å²) >= 11 is 0. The van der Waals surface area contributed by atoms with Gasteiger partial charge in [-0.2, -0.15) is 0 Å². The van der Waals surface area contributed by atoms with Gasteiger partial charge in [-0.05, 0) is 29.5 Å². The Morgan fingerprint density at radius 2 is 1.83 bits per heavy atom. The molecule has 2 heteroatoms. The normalized spacial score (nSPS) is 16.7. The van der Waals surface area contributed by atoms with E-state index < -0.39 is 0 Å². The largest absolute Gasteiger partial charge is 0.367 e. The van der Waals surface area contributed by atoms with Gasteiger partial charge in [0.25, 0.3) is 0 Å². The summed E-state index contributed by atoms with van der Waals surface area (Å²) in [7, 11) is 0. The van der Waals surface area contributed by atoms with Crippen molar-refractivity contribution in [2.24, 2.45) is 11.1 Å². The molecular weight excluding hydrogens is 220 g/mol. The molecule has 1 aromatic rings. The molecule has 1 aliphatic heterocycles. The van der Waals surface area contributed by atoms with Crippen molar-refractivity contribution in [1.29, 1.82) is 0 Å². The summed E-state index contributed by atoms with van der Waals surface area (Å²) in [4.78, 5) is 2.43. The van der Waals surface area contributed by atoms with Crippen molar-refractivity contribution in [1.82, 2.24) is 0 Å². The second-order valence-corrected chi connectivity index (χ2v) is 6.05. The second kappa shape index (κ2) is 5.15. The number of nitrogens with zero attached hydrogens (tertiary/aromatic N) is 1. The minimum atomic E-state index is 0.315. The number of benzene rings is 1. The van der Waals surface area contributed by atoms with Crippen LogP contribution in [0.5, 0.6) is 0 Å². The molecule has 0 fully saturated rings. The Bertz CT molecular complexity index is 423. The van der Waals surface area contributed by atoms with E-state index in [0.29, 0.717) is 12.0 Å². The monoisotopic (exact) mass is 244 g/mol. The van der Waals surface area contributed by atoms with Crippen molar-refractivity contribution in [3.63, 3.8) is 0 Å². The maximum absolute atomic E-state index is 5.62. The van der Waals surface area contributed by atoms with Crippen molar-refractivity contribution in [3.05, 3.63) is 41.5 Å². The van der Waals surface area contributed by atoms with Gasteiger partial charge in [0.2, 0.25) is 0 Å². The molecule has 0 atom stereocenters. The fourth-order valence-corrected chi connectivity index (χ4v) is 2.43. The first-order valence-electron chi connectivity index (χ1n) is 6.74. The molecule has 2 rings (SSSR count). The van der Waals surface area contributed by atoms with E-state index in [9.17, 15) is 0 Å². The first-order chi connectivity index (χ1) is 8.50. The average Bonchev–Trinajstić information content (AvgIpc) is 2.38. The molecule has 1 aliphatic rings. The van der Waals surface area contributed by atoms with Crippen molar-refractivity contribution in [3.8, 4) is 0 Å². The van der Waals surface area contributed by atoms with Gasteiger partial charge in [-0.25, -0.2) is 0 Å². The van der Waals surface area contributed by atoms with Gasteiger partial charge in [-0.3, -0.25) is 0 Å². The third-order valence-electron chi connectivity index (χ3n) is 3.71. The molecule has 2 nitrogen and oxygen atoms in total. The maximum Gasteiger partial charge on any atom is 0.0369 e. The molecule has 0 amide bonds. The zero-order valence-corrected chi connectivity index (χ0v) is 11.7. The van der Waals surface area contributed by atoms with Crippen LogP contribution in [0.2, 0.25) is 0 Å². The minimum absolute atomic E-state index is 0.315. The number of hydrogen-bond donors (Lipinski definition) is 1. The smallest absolute Gasteiger partial charge is 0.0369 e. The van der Waals surface area contributed by atoms with Crippen LogP contribution in [0.1, 0.15) is 32.8 Å². The Hall–Kier alpha value is -1.28. The summed E-state index contributed by atoms with van der Waals surface area (Å²) in [5.41, 5.74) is 10.0. The van der Waals surface area contributed by atoms with Gasteiger partial charge >= 0.3 is 0 Å². The summed E-state index contributed by atoms with van der Waals surface area (Å²) < 4.78 is 0. The van der Waals surface area contributed by atoms with E-state index in [-0.39, 0.29) is 0 Å². The minimum Gasteiger partial charge on any atom is -0.367 e. The predicted octanol–water partition coefficient (Wildman–Crippen LogP) is 3.33. The van der Waals surface area contributed by atoms with Crippen LogP contribution in [0.3, 0.4) is 0 Å². The highest BCUT2D eigenvalue weighted by Gasteiger charge is 2.21. The van der Waals surface area contributed by atoms with Crippen LogP contribution in [0.25, 0.3) is 0 Å². The van der Waals surface area contributed by atoms with E-state index >= 15 is 0 Å². The lowest BCUT2D eigenvalue weighted by atomic mass is 9.83. The lowest BCUT2D eigenvalue weighted by Gasteiger charge is -2.33. The Morgan fingerprint density at radius 1 is 1.17 bits per heavy atom. The van der Waals surface area contributed by atoms with Crippen LogP contribution in [0.4, 0.5) is 5.69 Å². The topological polar surface area (TPSA) is 29.3 Å². The Kier molecular flexibility index (Phi) is 3.76. The third-order valence-corrected chi connectivity index (χ3v) is 3.71. The highest BCUT2D eigenvalue weighted by molar-refractivity contribution is 5.49. The second-order valence-electron chi connectivity index (χ2n) is 6.05. The molecule has 2 N–H and O–H groups in total. The van der Waals surface area contributed by atoms with Crippen molar-refractivity contribution in [2.75, 3.05) is 18.0 Å². The van der Waals surface area contributed by atoms with E-state index in [2.05, 4.69) is 56.0 Å². The number of hydrogen-bond acceptors (Lipinski definition) is 2. The Morgan fingerprint density at radius 3 is 2.28 bits per heavy atom. The van der Waals surface area contributed by atoms with Crippen molar-refractivity contribution < 1.29 is 0 Å². The summed E-state index contributed by atoms with van der Waals surface area (Å²) in [6, 6.07) is 8.60. The van der Waals surface area contributed by atoms with Crippen LogP contribution in [-0.4, -0.2) is 13.1 Å². The van der Waals surface area contributed by atoms with Gasteiger partial charge in [0.15, 0.2) is 0 Å². The Balaban J connectivity index is 2.07. The van der Waals surface area contributed by atoms with Crippen LogP contribution < -0.4 is 10.6 Å². The zero-order chi connectivity index (χ0) is 13.2.